The zero-order valence-corrected chi connectivity index (χ0v) is 10.6. The maximum atomic E-state index is 2.40. The van der Waals surface area contributed by atoms with Crippen molar-refractivity contribution >= 4 is 0 Å². The molecular weight excluding hydrogens is 168 g/mol. The summed E-state index contributed by atoms with van der Waals surface area (Å²) in [6.45, 7) is 11.2. The van der Waals surface area contributed by atoms with Gasteiger partial charge < -0.3 is 0 Å². The Morgan fingerprint density at radius 2 is 1.79 bits per heavy atom. The minimum absolute atomic E-state index is 0.472. The van der Waals surface area contributed by atoms with Crippen LogP contribution >= 0.6 is 0 Å². The molecule has 0 unspecified atom stereocenters. The molecule has 0 heterocycles. The molecule has 0 bridgehead atoms. The van der Waals surface area contributed by atoms with Crippen molar-refractivity contribution in [2.24, 2.45) is 5.41 Å². The molecule has 0 aliphatic heterocycles. The van der Waals surface area contributed by atoms with Gasteiger partial charge in [0, 0.05) is 0 Å². The zero-order valence-electron chi connectivity index (χ0n) is 10.6. The largest absolute Gasteiger partial charge is 0.0917 e. The Hall–Kier alpha value is -0.520. The number of allylic oxidation sites excluding steroid dienone is 4. The Bertz CT molecular complexity index is 189. The van der Waals surface area contributed by atoms with Gasteiger partial charge in [0.1, 0.15) is 0 Å². The Kier molecular flexibility index (Phi) is 6.61. The lowest BCUT2D eigenvalue weighted by atomic mass is 9.90. The summed E-state index contributed by atoms with van der Waals surface area (Å²) in [5, 5.41) is 0. The third-order valence-electron chi connectivity index (χ3n) is 2.33. The van der Waals surface area contributed by atoms with E-state index in [1.54, 1.807) is 0 Å². The minimum atomic E-state index is 0.472. The molecule has 0 spiro atoms. The van der Waals surface area contributed by atoms with Crippen LogP contribution in [0.5, 0.6) is 0 Å². The average Bonchev–Trinajstić information content (AvgIpc) is 2.02. The Morgan fingerprint density at radius 1 is 1.14 bits per heavy atom. The molecule has 0 atom stereocenters. The van der Waals surface area contributed by atoms with E-state index in [0.29, 0.717) is 5.41 Å². The molecule has 0 fully saturated rings. The van der Waals surface area contributed by atoms with E-state index in [1.807, 2.05) is 0 Å². The Morgan fingerprint density at radius 3 is 2.29 bits per heavy atom. The highest BCUT2D eigenvalue weighted by Gasteiger charge is 2.07. The molecule has 0 amide bonds. The summed E-state index contributed by atoms with van der Waals surface area (Å²) in [5.41, 5.74) is 2.01. The van der Waals surface area contributed by atoms with Gasteiger partial charge in [0.2, 0.25) is 0 Å². The maximum absolute atomic E-state index is 2.40. The molecule has 82 valence electrons. The highest BCUT2D eigenvalue weighted by Crippen LogP contribution is 2.21. The lowest BCUT2D eigenvalue weighted by molar-refractivity contribution is 0.381. The summed E-state index contributed by atoms with van der Waals surface area (Å²) >= 11 is 0. The smallest absolute Gasteiger partial charge is 0.0288 e. The lowest BCUT2D eigenvalue weighted by Gasteiger charge is -2.16. The predicted octanol–water partition coefficient (Wildman–Crippen LogP) is 5.12. The van der Waals surface area contributed by atoms with Gasteiger partial charge in [-0.2, -0.15) is 0 Å². The molecule has 0 aromatic rings. The molecule has 0 saturated carbocycles. The zero-order chi connectivity index (χ0) is 11.0. The van der Waals surface area contributed by atoms with Crippen molar-refractivity contribution in [2.75, 3.05) is 0 Å². The monoisotopic (exact) mass is 194 g/mol. The molecular formula is C14H26. The SMILES string of the molecule is C/C=C/CC/C(C)=C/CCC(C)(C)C. The fraction of sp³-hybridized carbons (Fsp3) is 0.714. The topological polar surface area (TPSA) is 0 Å². The van der Waals surface area contributed by atoms with Gasteiger partial charge in [0.15, 0.2) is 0 Å². The van der Waals surface area contributed by atoms with Gasteiger partial charge in [-0.25, -0.2) is 0 Å². The third kappa shape index (κ3) is 9.57. The van der Waals surface area contributed by atoms with Crippen molar-refractivity contribution < 1.29 is 0 Å². The minimum Gasteiger partial charge on any atom is -0.0917 e. The van der Waals surface area contributed by atoms with Gasteiger partial charge in [-0.05, 0) is 44.9 Å². The van der Waals surface area contributed by atoms with Crippen molar-refractivity contribution in [3.63, 3.8) is 0 Å². The van der Waals surface area contributed by atoms with Crippen LogP contribution in [0, 0.1) is 5.41 Å². The van der Waals surface area contributed by atoms with E-state index in [-0.39, 0.29) is 0 Å². The van der Waals surface area contributed by atoms with Crippen molar-refractivity contribution in [1.82, 2.24) is 0 Å². The van der Waals surface area contributed by atoms with Crippen LogP contribution in [0.15, 0.2) is 23.8 Å². The molecule has 0 saturated heterocycles. The van der Waals surface area contributed by atoms with Crippen LogP contribution in [0.1, 0.15) is 60.3 Å². The van der Waals surface area contributed by atoms with E-state index >= 15 is 0 Å². The molecule has 0 aliphatic carbocycles. The third-order valence-corrected chi connectivity index (χ3v) is 2.33. The summed E-state index contributed by atoms with van der Waals surface area (Å²) in [5.74, 6) is 0. The normalized spacial score (nSPS) is 13.9. The Balaban J connectivity index is 3.66. The van der Waals surface area contributed by atoms with Crippen LogP contribution in [0.3, 0.4) is 0 Å². The highest BCUT2D eigenvalue weighted by atomic mass is 14.1. The second-order valence-corrected chi connectivity index (χ2v) is 5.26. The number of hydrogen-bond acceptors (Lipinski definition) is 0. The molecule has 0 aromatic carbocycles. The first-order chi connectivity index (χ1) is 6.45. The van der Waals surface area contributed by atoms with Crippen LogP contribution in [0.4, 0.5) is 0 Å². The van der Waals surface area contributed by atoms with E-state index in [9.17, 15) is 0 Å². The van der Waals surface area contributed by atoms with Crippen molar-refractivity contribution in [3.05, 3.63) is 23.8 Å². The molecule has 0 heteroatoms. The molecule has 0 radical (unpaired) electrons. The number of hydrogen-bond donors (Lipinski definition) is 0. The van der Waals surface area contributed by atoms with Crippen molar-refractivity contribution in [3.8, 4) is 0 Å². The molecule has 0 nitrogen and oxygen atoms in total. The Labute approximate surface area is 90.1 Å². The van der Waals surface area contributed by atoms with Gasteiger partial charge in [-0.1, -0.05) is 44.6 Å². The second-order valence-electron chi connectivity index (χ2n) is 5.26. The summed E-state index contributed by atoms with van der Waals surface area (Å²) in [4.78, 5) is 0. The molecule has 14 heavy (non-hydrogen) atoms. The van der Waals surface area contributed by atoms with E-state index in [1.165, 1.54) is 31.3 Å². The number of rotatable bonds is 5. The first-order valence-electron chi connectivity index (χ1n) is 5.72. The van der Waals surface area contributed by atoms with E-state index in [0.717, 1.165) is 0 Å². The van der Waals surface area contributed by atoms with Crippen molar-refractivity contribution in [2.45, 2.75) is 60.3 Å². The van der Waals surface area contributed by atoms with E-state index in [2.05, 4.69) is 52.8 Å². The summed E-state index contributed by atoms with van der Waals surface area (Å²) in [7, 11) is 0. The van der Waals surface area contributed by atoms with Crippen LogP contribution in [0.25, 0.3) is 0 Å². The summed E-state index contributed by atoms with van der Waals surface area (Å²) in [6.07, 6.45) is 11.7. The van der Waals surface area contributed by atoms with Gasteiger partial charge in [-0.15, -0.1) is 0 Å². The van der Waals surface area contributed by atoms with Crippen LogP contribution in [0.2, 0.25) is 0 Å². The average molecular weight is 194 g/mol. The van der Waals surface area contributed by atoms with Gasteiger partial charge in [0.25, 0.3) is 0 Å². The first kappa shape index (κ1) is 13.5. The highest BCUT2D eigenvalue weighted by molar-refractivity contribution is 5.00. The summed E-state index contributed by atoms with van der Waals surface area (Å²) < 4.78 is 0. The second kappa shape index (κ2) is 6.86. The molecule has 0 aliphatic rings. The van der Waals surface area contributed by atoms with Gasteiger partial charge in [-0.3, -0.25) is 0 Å². The standard InChI is InChI=1S/C14H26/c1-6-7-8-10-13(2)11-9-12-14(3,4)5/h6-7,11H,8-10,12H2,1-5H3/b7-6+,13-11+. The van der Waals surface area contributed by atoms with Gasteiger partial charge in [0.05, 0.1) is 0 Å². The fourth-order valence-electron chi connectivity index (χ4n) is 1.33. The molecule has 0 aromatic heterocycles. The lowest BCUT2D eigenvalue weighted by Crippen LogP contribution is -2.03. The molecule has 0 N–H and O–H groups in total. The molecule has 0 rings (SSSR count). The quantitative estimate of drug-likeness (QED) is 0.533. The maximum Gasteiger partial charge on any atom is -0.0288 e. The first-order valence-corrected chi connectivity index (χ1v) is 5.72. The van der Waals surface area contributed by atoms with E-state index < -0.39 is 0 Å². The van der Waals surface area contributed by atoms with Crippen LogP contribution < -0.4 is 0 Å². The van der Waals surface area contributed by atoms with Crippen LogP contribution in [-0.2, 0) is 0 Å². The fourth-order valence-corrected chi connectivity index (χ4v) is 1.33. The summed E-state index contributed by atoms with van der Waals surface area (Å²) in [6, 6.07) is 0. The van der Waals surface area contributed by atoms with Crippen LogP contribution in [-0.4, -0.2) is 0 Å². The van der Waals surface area contributed by atoms with E-state index in [4.69, 9.17) is 0 Å². The van der Waals surface area contributed by atoms with Gasteiger partial charge >= 0.3 is 0 Å². The van der Waals surface area contributed by atoms with Crippen molar-refractivity contribution in [1.29, 1.82) is 0 Å². The predicted molar refractivity (Wildman–Crippen MR) is 66.5 cm³/mol.